The van der Waals surface area contributed by atoms with Gasteiger partial charge in [-0.05, 0) is 63.0 Å². The van der Waals surface area contributed by atoms with Crippen molar-refractivity contribution in [2.24, 2.45) is 28.6 Å². The maximum absolute atomic E-state index is 17.2. The molecule has 4 aliphatic rings. The Bertz CT molecular complexity index is 1010. The number of hydrogen-bond donors (Lipinski definition) is 2. The molecule has 0 aromatic rings. The van der Waals surface area contributed by atoms with E-state index < -0.39 is 58.6 Å². The highest BCUT2D eigenvalue weighted by Crippen LogP contribution is 2.70. The third-order valence-corrected chi connectivity index (χ3v) is 10.1. The van der Waals surface area contributed by atoms with Gasteiger partial charge in [-0.25, -0.2) is 9.18 Å². The summed E-state index contributed by atoms with van der Waals surface area (Å²) in [4.78, 5) is 37.4. The van der Waals surface area contributed by atoms with Crippen LogP contribution in [0, 0.1) is 35.5 Å². The second-order valence-corrected chi connectivity index (χ2v) is 11.9. The van der Waals surface area contributed by atoms with Crippen LogP contribution >= 0.6 is 0 Å². The molecule has 8 atom stereocenters. The number of halogens is 1. The van der Waals surface area contributed by atoms with E-state index in [1.54, 1.807) is 26.8 Å². The minimum absolute atomic E-state index is 0.126. The van der Waals surface area contributed by atoms with Gasteiger partial charge in [-0.15, -0.1) is 0 Å². The topological polar surface area (TPSA) is 110 Å². The molecule has 0 spiro atoms. The van der Waals surface area contributed by atoms with Crippen LogP contribution in [0.15, 0.2) is 23.8 Å². The van der Waals surface area contributed by atoms with E-state index >= 15 is 4.39 Å². The monoisotopic (exact) mass is 519 g/mol. The van der Waals surface area contributed by atoms with Crippen LogP contribution in [0.4, 0.5) is 9.18 Å². The number of hydrogen-bond acceptors (Lipinski definition) is 7. The van der Waals surface area contributed by atoms with Gasteiger partial charge in [-0.1, -0.05) is 51.7 Å². The van der Waals surface area contributed by atoms with Crippen molar-refractivity contribution in [2.75, 3.05) is 13.2 Å². The zero-order valence-corrected chi connectivity index (χ0v) is 22.1. The van der Waals surface area contributed by atoms with Crippen LogP contribution in [0.25, 0.3) is 0 Å². The van der Waals surface area contributed by atoms with Crippen LogP contribution in [0.3, 0.4) is 0 Å². The van der Waals surface area contributed by atoms with Crippen LogP contribution in [0.5, 0.6) is 0 Å². The predicted octanol–water partition coefficient (Wildman–Crippen LogP) is 4.45. The first-order chi connectivity index (χ1) is 17.4. The molecule has 2 N–H and O–H groups in total. The molecule has 0 amide bonds. The lowest BCUT2D eigenvalue weighted by Crippen LogP contribution is -2.69. The average molecular weight is 520 g/mol. The van der Waals surface area contributed by atoms with Gasteiger partial charge in [0.2, 0.25) is 5.78 Å². The molecule has 4 aliphatic carbocycles. The van der Waals surface area contributed by atoms with Crippen molar-refractivity contribution in [3.63, 3.8) is 0 Å². The highest BCUT2D eigenvalue weighted by atomic mass is 19.1. The van der Waals surface area contributed by atoms with Crippen molar-refractivity contribution in [2.45, 2.75) is 89.5 Å². The lowest BCUT2D eigenvalue weighted by molar-refractivity contribution is -0.219. The second kappa shape index (κ2) is 9.92. The van der Waals surface area contributed by atoms with Gasteiger partial charge in [0.15, 0.2) is 18.1 Å². The number of allylic oxidation sites excluding steroid dienone is 4. The Morgan fingerprint density at radius 3 is 2.62 bits per heavy atom. The van der Waals surface area contributed by atoms with E-state index in [1.165, 1.54) is 12.2 Å². The van der Waals surface area contributed by atoms with E-state index in [1.807, 2.05) is 0 Å². The highest BCUT2D eigenvalue weighted by molar-refractivity contribution is 6.01. The number of aliphatic hydroxyl groups is 2. The molecule has 4 rings (SSSR count). The van der Waals surface area contributed by atoms with Crippen molar-refractivity contribution in [1.29, 1.82) is 0 Å². The SMILES string of the molecule is [CH2]CCCCCOC(=O)OCC(=O)[C@@]1(O)[C@H](C)C[C@H]2[C@@H]3CCC4=CC(=O)C=C[C@]4(C)[C@@]3(F)[C@@H](O)C[C@@]21C. The van der Waals surface area contributed by atoms with Gasteiger partial charge >= 0.3 is 6.16 Å². The molecule has 0 aliphatic heterocycles. The summed E-state index contributed by atoms with van der Waals surface area (Å²) in [5.74, 6) is -2.37. The van der Waals surface area contributed by atoms with Crippen molar-refractivity contribution in [3.05, 3.63) is 30.7 Å². The maximum Gasteiger partial charge on any atom is 0.508 e. The molecule has 3 fully saturated rings. The normalized spacial score (nSPS) is 42.4. The summed E-state index contributed by atoms with van der Waals surface area (Å²) in [6.07, 6.45) is 6.46. The molecule has 7 nitrogen and oxygen atoms in total. The molecule has 0 aromatic carbocycles. The van der Waals surface area contributed by atoms with Crippen molar-refractivity contribution in [3.8, 4) is 0 Å². The fourth-order valence-electron chi connectivity index (χ4n) is 8.03. The Morgan fingerprint density at radius 1 is 1.19 bits per heavy atom. The number of Topliss-reactive ketones (excluding diaryl/α,β-unsaturated/α-hetero) is 1. The summed E-state index contributed by atoms with van der Waals surface area (Å²) in [6.45, 7) is 8.51. The molecular formula is C29H40FO7. The number of carbonyl (C=O) groups is 3. The zero-order valence-electron chi connectivity index (χ0n) is 22.1. The van der Waals surface area contributed by atoms with Gasteiger partial charge in [-0.3, -0.25) is 9.59 Å². The Labute approximate surface area is 218 Å². The summed E-state index contributed by atoms with van der Waals surface area (Å²) in [5.41, 5.74) is -5.52. The van der Waals surface area contributed by atoms with E-state index in [0.29, 0.717) is 31.3 Å². The Balaban J connectivity index is 1.52. The summed E-state index contributed by atoms with van der Waals surface area (Å²) in [5, 5.41) is 23.3. The van der Waals surface area contributed by atoms with E-state index in [4.69, 9.17) is 9.47 Å². The van der Waals surface area contributed by atoms with Crippen molar-refractivity contribution >= 4 is 17.7 Å². The van der Waals surface area contributed by atoms with Crippen molar-refractivity contribution in [1.82, 2.24) is 0 Å². The maximum atomic E-state index is 17.2. The van der Waals surface area contributed by atoms with Crippen LogP contribution in [-0.2, 0) is 19.1 Å². The number of ketones is 2. The predicted molar refractivity (Wildman–Crippen MR) is 134 cm³/mol. The van der Waals surface area contributed by atoms with Gasteiger partial charge < -0.3 is 19.7 Å². The molecule has 3 saturated carbocycles. The fraction of sp³-hybridized carbons (Fsp3) is 0.724. The lowest BCUT2D eigenvalue weighted by Gasteiger charge is -2.62. The van der Waals surface area contributed by atoms with Crippen LogP contribution in [-0.4, -0.2) is 58.5 Å². The second-order valence-electron chi connectivity index (χ2n) is 11.9. The quantitative estimate of drug-likeness (QED) is 0.360. The van der Waals surface area contributed by atoms with E-state index in [-0.39, 0.29) is 24.7 Å². The molecule has 0 saturated heterocycles. The molecule has 1 radical (unpaired) electrons. The van der Waals surface area contributed by atoms with Gasteiger partial charge in [-0.2, -0.15) is 0 Å². The van der Waals surface area contributed by atoms with Crippen LogP contribution in [0.2, 0.25) is 0 Å². The molecule has 0 aromatic heterocycles. The Hall–Kier alpha value is -2.06. The molecular weight excluding hydrogens is 479 g/mol. The van der Waals surface area contributed by atoms with E-state index in [0.717, 1.165) is 19.3 Å². The molecule has 0 heterocycles. The van der Waals surface area contributed by atoms with Gasteiger partial charge in [0.1, 0.15) is 5.60 Å². The van der Waals surface area contributed by atoms with Gasteiger partial charge in [0.25, 0.3) is 0 Å². The van der Waals surface area contributed by atoms with E-state index in [9.17, 15) is 24.6 Å². The minimum atomic E-state index is -2.04. The number of alkyl halides is 1. The third kappa shape index (κ3) is 4.10. The van der Waals surface area contributed by atoms with Crippen molar-refractivity contribution < 1.29 is 38.5 Å². The van der Waals surface area contributed by atoms with Crippen LogP contribution in [0.1, 0.15) is 72.1 Å². The smallest absolute Gasteiger partial charge is 0.434 e. The molecule has 0 bridgehead atoms. The summed E-state index contributed by atoms with van der Waals surface area (Å²) < 4.78 is 27.3. The molecule has 205 valence electrons. The first kappa shape index (κ1) is 28.0. The molecule has 0 unspecified atom stereocenters. The Kier molecular flexibility index (Phi) is 7.49. The number of rotatable bonds is 8. The third-order valence-electron chi connectivity index (χ3n) is 10.1. The highest BCUT2D eigenvalue weighted by Gasteiger charge is 2.75. The lowest BCUT2D eigenvalue weighted by atomic mass is 9.44. The summed E-state index contributed by atoms with van der Waals surface area (Å²) in [6, 6.07) is 0. The fourth-order valence-corrected chi connectivity index (χ4v) is 8.03. The van der Waals surface area contributed by atoms with E-state index in [2.05, 4.69) is 6.92 Å². The van der Waals surface area contributed by atoms with Crippen LogP contribution < -0.4 is 0 Å². The van der Waals surface area contributed by atoms with Gasteiger partial charge in [0, 0.05) is 16.7 Å². The molecule has 8 heteroatoms. The number of carbonyl (C=O) groups excluding carboxylic acids is 3. The average Bonchev–Trinajstić information content (AvgIpc) is 3.05. The summed E-state index contributed by atoms with van der Waals surface area (Å²) in [7, 11) is 0. The standard InChI is InChI=1S/C29H40FO7/c1-5-6-7-8-13-36-25(34)37-17-24(33)29(35)18(2)14-22-21-10-9-19-15-20(31)11-12-26(19,3)28(21,30)23(32)16-27(22,29)4/h11-12,15,18,21-23,32,35H,1,5-10,13-14,16-17H2,2-4H3/t18-,21+,22+,23+,26+,27+,28+,29+/m1/s1. The zero-order chi connectivity index (χ0) is 27.2. The number of unbranched alkanes of at least 4 members (excludes halogenated alkanes) is 3. The first-order valence-electron chi connectivity index (χ1n) is 13.5. The number of ether oxygens (including phenoxy) is 2. The number of fused-ring (bicyclic) bond motifs is 5. The minimum Gasteiger partial charge on any atom is -0.434 e. The van der Waals surface area contributed by atoms with Gasteiger partial charge in [0.05, 0.1) is 12.7 Å². The number of aliphatic hydroxyl groups excluding tert-OH is 1. The summed E-state index contributed by atoms with van der Waals surface area (Å²) >= 11 is 0. The molecule has 37 heavy (non-hydrogen) atoms. The Morgan fingerprint density at radius 2 is 1.92 bits per heavy atom. The first-order valence-corrected chi connectivity index (χ1v) is 13.5. The largest absolute Gasteiger partial charge is 0.508 e.